The van der Waals surface area contributed by atoms with E-state index < -0.39 is 20.0 Å². The van der Waals surface area contributed by atoms with Crippen LogP contribution >= 0.6 is 7.82 Å². The molecule has 0 saturated carbocycles. The van der Waals surface area contributed by atoms with Crippen molar-refractivity contribution in [2.75, 3.05) is 19.8 Å². The van der Waals surface area contributed by atoms with Gasteiger partial charge in [0.1, 0.15) is 0 Å². The first-order chi connectivity index (χ1) is 20.4. The number of carbonyl (C=O) groups excluding carboxylic acids is 1. The van der Waals surface area contributed by atoms with E-state index in [4.69, 9.17) is 14.8 Å². The van der Waals surface area contributed by atoms with Crippen LogP contribution in [0.1, 0.15) is 123 Å². The Morgan fingerprint density at radius 1 is 0.762 bits per heavy atom. The van der Waals surface area contributed by atoms with Crippen LogP contribution in [0.4, 0.5) is 0 Å². The van der Waals surface area contributed by atoms with E-state index in [2.05, 4.69) is 55.6 Å². The summed E-state index contributed by atoms with van der Waals surface area (Å²) in [5.41, 5.74) is 5.33. The van der Waals surface area contributed by atoms with Crippen molar-refractivity contribution in [3.05, 3.63) is 48.6 Å². The number of carbonyl (C=O) groups is 1. The highest BCUT2D eigenvalue weighted by molar-refractivity contribution is 7.47. The third-order valence-electron chi connectivity index (χ3n) is 6.59. The van der Waals surface area contributed by atoms with Crippen LogP contribution in [0.25, 0.3) is 0 Å². The standard InChI is InChI=1S/C33H61N2O6P/c1-3-5-7-9-11-13-15-17-19-21-23-25-27-33(37)35-31(30-41-42(38,39)40-29-28-34)32(36)26-24-22-20-18-16-14-12-10-8-6-4-2/h8,10-11,13,16,18,24,26,31-32,36H,3-7,9,12,14-15,17,19-23,25,27-30,34H2,1-2H3,(H,35,37)(H,38,39)/b10-8+,13-11-,18-16+,26-24+. The Hall–Kier alpha value is -1.54. The van der Waals surface area contributed by atoms with Gasteiger partial charge in [0.2, 0.25) is 5.91 Å². The molecule has 0 aromatic carbocycles. The molecule has 0 saturated heterocycles. The van der Waals surface area contributed by atoms with Crippen LogP contribution in [-0.2, 0) is 18.4 Å². The fraction of sp³-hybridized carbons (Fsp3) is 0.727. The topological polar surface area (TPSA) is 131 Å². The van der Waals surface area contributed by atoms with Gasteiger partial charge in [-0.1, -0.05) is 101 Å². The van der Waals surface area contributed by atoms with Crippen molar-refractivity contribution in [1.82, 2.24) is 5.32 Å². The summed E-state index contributed by atoms with van der Waals surface area (Å²) in [7, 11) is -4.34. The molecule has 0 aliphatic rings. The Kier molecular flexibility index (Phi) is 28.4. The molecule has 1 amide bonds. The van der Waals surface area contributed by atoms with Crippen molar-refractivity contribution in [3.8, 4) is 0 Å². The number of phosphoric acid groups is 1. The minimum absolute atomic E-state index is 0.0686. The molecule has 9 heteroatoms. The summed E-state index contributed by atoms with van der Waals surface area (Å²) < 4.78 is 21.9. The van der Waals surface area contributed by atoms with E-state index in [1.807, 2.05) is 6.08 Å². The quantitative estimate of drug-likeness (QED) is 0.0385. The molecule has 5 N–H and O–H groups in total. The largest absolute Gasteiger partial charge is 0.472 e. The lowest BCUT2D eigenvalue weighted by Gasteiger charge is -2.23. The van der Waals surface area contributed by atoms with Gasteiger partial charge in [-0.15, -0.1) is 0 Å². The van der Waals surface area contributed by atoms with Crippen LogP contribution in [-0.4, -0.2) is 47.8 Å². The van der Waals surface area contributed by atoms with Gasteiger partial charge in [-0.3, -0.25) is 13.8 Å². The number of rotatable bonds is 29. The first-order valence-electron chi connectivity index (χ1n) is 16.3. The second kappa shape index (κ2) is 29.5. The van der Waals surface area contributed by atoms with Gasteiger partial charge in [-0.2, -0.15) is 0 Å². The maximum atomic E-state index is 12.6. The highest BCUT2D eigenvalue weighted by Crippen LogP contribution is 2.43. The van der Waals surface area contributed by atoms with Crippen LogP contribution < -0.4 is 11.1 Å². The number of nitrogens with two attached hydrogens (primary N) is 1. The van der Waals surface area contributed by atoms with Crippen LogP contribution in [0.2, 0.25) is 0 Å². The average Bonchev–Trinajstić information content (AvgIpc) is 2.97. The zero-order chi connectivity index (χ0) is 31.2. The van der Waals surface area contributed by atoms with Crippen molar-refractivity contribution in [2.24, 2.45) is 5.73 Å². The summed E-state index contributed by atoms with van der Waals surface area (Å²) in [6, 6.07) is -0.884. The fourth-order valence-electron chi connectivity index (χ4n) is 4.10. The van der Waals surface area contributed by atoms with Gasteiger partial charge >= 0.3 is 7.82 Å². The Labute approximate surface area is 256 Å². The third kappa shape index (κ3) is 27.3. The molecule has 0 spiro atoms. The van der Waals surface area contributed by atoms with Crippen molar-refractivity contribution in [2.45, 2.75) is 135 Å². The Morgan fingerprint density at radius 2 is 1.31 bits per heavy atom. The molecule has 0 bridgehead atoms. The number of amides is 1. The normalized spacial score (nSPS) is 15.3. The summed E-state index contributed by atoms with van der Waals surface area (Å²) in [5.74, 6) is -0.224. The maximum absolute atomic E-state index is 12.6. The highest BCUT2D eigenvalue weighted by atomic mass is 31.2. The second-order valence-corrected chi connectivity index (χ2v) is 12.1. The summed E-state index contributed by atoms with van der Waals surface area (Å²) in [6.07, 6.45) is 33.0. The van der Waals surface area contributed by atoms with E-state index in [0.29, 0.717) is 6.42 Å². The Morgan fingerprint density at radius 3 is 1.93 bits per heavy atom. The molecule has 0 radical (unpaired) electrons. The lowest BCUT2D eigenvalue weighted by atomic mass is 10.1. The molecule has 0 aromatic heterocycles. The molecule has 0 fully saturated rings. The number of unbranched alkanes of at least 4 members (excludes halogenated alkanes) is 11. The van der Waals surface area contributed by atoms with E-state index >= 15 is 0 Å². The van der Waals surface area contributed by atoms with Crippen LogP contribution in [0.5, 0.6) is 0 Å². The van der Waals surface area contributed by atoms with Crippen molar-refractivity contribution < 1.29 is 28.4 Å². The maximum Gasteiger partial charge on any atom is 0.472 e. The van der Waals surface area contributed by atoms with Crippen LogP contribution in [0.3, 0.4) is 0 Å². The molecule has 0 heterocycles. The van der Waals surface area contributed by atoms with Crippen LogP contribution in [0, 0.1) is 0 Å². The minimum Gasteiger partial charge on any atom is -0.387 e. The van der Waals surface area contributed by atoms with E-state index in [0.717, 1.165) is 70.6 Å². The molecule has 0 aliphatic carbocycles. The van der Waals surface area contributed by atoms with E-state index in [9.17, 15) is 19.4 Å². The second-order valence-electron chi connectivity index (χ2n) is 10.6. The van der Waals surface area contributed by atoms with Gasteiger partial charge < -0.3 is 21.1 Å². The molecule has 3 unspecified atom stereocenters. The summed E-state index contributed by atoms with van der Waals surface area (Å²) in [6.45, 7) is 3.95. The lowest BCUT2D eigenvalue weighted by Crippen LogP contribution is -2.45. The minimum atomic E-state index is -4.34. The average molecular weight is 613 g/mol. The first kappa shape index (κ1) is 40.5. The van der Waals surface area contributed by atoms with Gasteiger partial charge in [0.05, 0.1) is 25.4 Å². The van der Waals surface area contributed by atoms with E-state index in [1.54, 1.807) is 6.08 Å². The van der Waals surface area contributed by atoms with Gasteiger partial charge in [-0.05, 0) is 64.2 Å². The SMILES string of the molecule is CCC/C=C/CC/C=C/CC/C=C/C(O)C(COP(=O)(O)OCCN)NC(=O)CCCCCCC/C=C\CCCCC. The van der Waals surface area contributed by atoms with Gasteiger partial charge in [0.25, 0.3) is 0 Å². The Balaban J connectivity index is 4.52. The third-order valence-corrected chi connectivity index (χ3v) is 7.57. The predicted molar refractivity (Wildman–Crippen MR) is 175 cm³/mol. The lowest BCUT2D eigenvalue weighted by molar-refractivity contribution is -0.123. The summed E-state index contributed by atoms with van der Waals surface area (Å²) >= 11 is 0. The van der Waals surface area contributed by atoms with Crippen molar-refractivity contribution >= 4 is 13.7 Å². The van der Waals surface area contributed by atoms with Crippen molar-refractivity contribution in [3.63, 3.8) is 0 Å². The number of allylic oxidation sites excluding steroid dienone is 7. The zero-order valence-electron chi connectivity index (χ0n) is 26.5. The molecule has 0 aliphatic heterocycles. The fourth-order valence-corrected chi connectivity index (χ4v) is 4.86. The number of aliphatic hydroxyl groups is 1. The van der Waals surface area contributed by atoms with Gasteiger partial charge in [0.15, 0.2) is 0 Å². The van der Waals surface area contributed by atoms with E-state index in [-0.39, 0.29) is 25.7 Å². The Bertz CT molecular complexity index is 799. The number of hydrogen-bond donors (Lipinski definition) is 4. The first-order valence-corrected chi connectivity index (χ1v) is 17.8. The van der Waals surface area contributed by atoms with Gasteiger partial charge in [-0.25, -0.2) is 4.57 Å². The smallest absolute Gasteiger partial charge is 0.387 e. The molecule has 0 rings (SSSR count). The molecule has 42 heavy (non-hydrogen) atoms. The molecule has 0 aromatic rings. The zero-order valence-corrected chi connectivity index (χ0v) is 27.4. The number of hydrogen-bond acceptors (Lipinski definition) is 6. The number of aliphatic hydroxyl groups excluding tert-OH is 1. The molecule has 3 atom stereocenters. The van der Waals surface area contributed by atoms with Crippen LogP contribution in [0.15, 0.2) is 48.6 Å². The molecule has 8 nitrogen and oxygen atoms in total. The van der Waals surface area contributed by atoms with Crippen molar-refractivity contribution in [1.29, 1.82) is 0 Å². The highest BCUT2D eigenvalue weighted by Gasteiger charge is 2.26. The molecular formula is C33H61N2O6P. The number of nitrogens with one attached hydrogen (secondary N) is 1. The monoisotopic (exact) mass is 612 g/mol. The summed E-state index contributed by atoms with van der Waals surface area (Å²) in [5, 5.41) is 13.5. The van der Waals surface area contributed by atoms with Gasteiger partial charge in [0, 0.05) is 13.0 Å². The summed E-state index contributed by atoms with van der Waals surface area (Å²) in [4.78, 5) is 22.4. The molecule has 244 valence electrons. The predicted octanol–water partition coefficient (Wildman–Crippen LogP) is 7.82. The number of phosphoric ester groups is 1. The van der Waals surface area contributed by atoms with E-state index in [1.165, 1.54) is 32.1 Å². The molecular weight excluding hydrogens is 551 g/mol.